The zero-order valence-corrected chi connectivity index (χ0v) is 13.1. The Balaban J connectivity index is 0.00000144. The van der Waals surface area contributed by atoms with Gasteiger partial charge in [0.1, 0.15) is 0 Å². The van der Waals surface area contributed by atoms with Gasteiger partial charge in [-0.1, -0.05) is 23.4 Å². The van der Waals surface area contributed by atoms with Gasteiger partial charge in [0.2, 0.25) is 0 Å². The first kappa shape index (κ1) is 14.9. The van der Waals surface area contributed by atoms with E-state index in [0.29, 0.717) is 11.7 Å². The van der Waals surface area contributed by atoms with Crippen LogP contribution in [0.4, 0.5) is 0 Å². The van der Waals surface area contributed by atoms with Crippen molar-refractivity contribution in [3.63, 3.8) is 0 Å². The molecule has 0 unspecified atom stereocenters. The van der Waals surface area contributed by atoms with Crippen LogP contribution in [-0.4, -0.2) is 15.1 Å². The molecule has 2 heterocycles. The van der Waals surface area contributed by atoms with Crippen LogP contribution in [-0.2, 0) is 5.54 Å². The molecule has 1 saturated carbocycles. The van der Waals surface area contributed by atoms with Crippen LogP contribution < -0.4 is 5.73 Å². The predicted octanol–water partition coefficient (Wildman–Crippen LogP) is 3.35. The van der Waals surface area contributed by atoms with Crippen LogP contribution in [0.15, 0.2) is 34.9 Å². The molecule has 4 rings (SSSR count). The van der Waals surface area contributed by atoms with Gasteiger partial charge >= 0.3 is 0 Å². The topological polar surface area (TPSA) is 77.8 Å². The summed E-state index contributed by atoms with van der Waals surface area (Å²) in [5, 5.41) is 5.13. The third kappa shape index (κ3) is 2.26. The van der Waals surface area contributed by atoms with E-state index in [-0.39, 0.29) is 12.4 Å². The van der Waals surface area contributed by atoms with Gasteiger partial charge in [-0.05, 0) is 38.3 Å². The number of nitrogens with zero attached hydrogens (tertiary/aromatic N) is 3. The van der Waals surface area contributed by atoms with Crippen LogP contribution in [0.2, 0.25) is 0 Å². The quantitative estimate of drug-likeness (QED) is 0.784. The summed E-state index contributed by atoms with van der Waals surface area (Å²) in [5.41, 5.74) is 8.56. The Morgan fingerprint density at radius 1 is 1.18 bits per heavy atom. The van der Waals surface area contributed by atoms with E-state index in [1.807, 2.05) is 37.3 Å². The van der Waals surface area contributed by atoms with Crippen LogP contribution in [0.3, 0.4) is 0 Å². The van der Waals surface area contributed by atoms with E-state index in [1.165, 1.54) is 0 Å². The number of hydrogen-bond donors (Lipinski definition) is 1. The summed E-state index contributed by atoms with van der Waals surface area (Å²) in [6, 6.07) is 10.0. The first-order chi connectivity index (χ1) is 10.2. The number of para-hydroxylation sites is 1. The molecule has 0 saturated heterocycles. The molecule has 6 heteroatoms. The molecule has 2 aromatic heterocycles. The average molecular weight is 317 g/mol. The molecule has 1 aliphatic carbocycles. The largest absolute Gasteiger partial charge is 0.334 e. The summed E-state index contributed by atoms with van der Waals surface area (Å²) in [4.78, 5) is 9.10. The van der Waals surface area contributed by atoms with Crippen molar-refractivity contribution in [2.75, 3.05) is 0 Å². The summed E-state index contributed by atoms with van der Waals surface area (Å²) in [6.07, 6.45) is 2.96. The molecule has 5 nitrogen and oxygen atoms in total. The minimum absolute atomic E-state index is 0. The maximum absolute atomic E-state index is 6.24. The normalized spacial score (nSPS) is 16.1. The first-order valence-electron chi connectivity index (χ1n) is 7.16. The van der Waals surface area contributed by atoms with Crippen molar-refractivity contribution < 1.29 is 4.52 Å². The number of aromatic nitrogens is 3. The Kier molecular flexibility index (Phi) is 3.62. The minimum Gasteiger partial charge on any atom is -0.334 e. The number of pyridine rings is 1. The van der Waals surface area contributed by atoms with Gasteiger partial charge in [-0.25, -0.2) is 0 Å². The van der Waals surface area contributed by atoms with Crippen LogP contribution in [0.1, 0.15) is 30.8 Å². The highest BCUT2D eigenvalue weighted by Gasteiger charge is 2.39. The molecule has 3 aromatic rings. The molecule has 0 aliphatic heterocycles. The summed E-state index contributed by atoms with van der Waals surface area (Å²) in [6.45, 7) is 1.95. The molecular formula is C16H17ClN4O. The number of hydrogen-bond acceptors (Lipinski definition) is 5. The molecule has 1 fully saturated rings. The van der Waals surface area contributed by atoms with Gasteiger partial charge in [-0.3, -0.25) is 4.98 Å². The zero-order valence-electron chi connectivity index (χ0n) is 12.2. The van der Waals surface area contributed by atoms with E-state index in [2.05, 4.69) is 15.1 Å². The molecule has 0 atom stereocenters. The van der Waals surface area contributed by atoms with Crippen molar-refractivity contribution in [1.82, 2.24) is 15.1 Å². The summed E-state index contributed by atoms with van der Waals surface area (Å²) in [5.74, 6) is 1.11. The fourth-order valence-corrected chi connectivity index (χ4v) is 2.75. The number of fused-ring (bicyclic) bond motifs is 1. The molecule has 1 aliphatic rings. The molecule has 0 spiro atoms. The molecule has 22 heavy (non-hydrogen) atoms. The number of aryl methyl sites for hydroxylation is 1. The maximum atomic E-state index is 6.24. The Morgan fingerprint density at radius 2 is 1.95 bits per heavy atom. The van der Waals surface area contributed by atoms with Crippen LogP contribution >= 0.6 is 12.4 Å². The third-order valence-electron chi connectivity index (χ3n) is 4.26. The highest BCUT2D eigenvalue weighted by Crippen LogP contribution is 2.38. The fourth-order valence-electron chi connectivity index (χ4n) is 2.75. The van der Waals surface area contributed by atoms with Crippen molar-refractivity contribution in [2.45, 2.75) is 31.7 Å². The van der Waals surface area contributed by atoms with Crippen molar-refractivity contribution in [2.24, 2.45) is 5.73 Å². The first-order valence-corrected chi connectivity index (χ1v) is 7.16. The standard InChI is InChI=1S/C16H16N4O.ClH/c1-10-12(9-11-5-2-3-6-13(11)18-10)14-19-15(20-21-14)16(17)7-4-8-16;/h2-3,5-6,9H,4,7-8,17H2,1H3;1H. The Morgan fingerprint density at radius 3 is 2.68 bits per heavy atom. The number of halogens is 1. The van der Waals surface area contributed by atoms with Gasteiger partial charge in [0.25, 0.3) is 5.89 Å². The predicted molar refractivity (Wildman–Crippen MR) is 86.7 cm³/mol. The monoisotopic (exact) mass is 316 g/mol. The highest BCUT2D eigenvalue weighted by molar-refractivity contribution is 5.85. The van der Waals surface area contributed by atoms with Gasteiger partial charge in [-0.2, -0.15) is 4.98 Å². The molecule has 0 amide bonds. The smallest absolute Gasteiger partial charge is 0.259 e. The van der Waals surface area contributed by atoms with Crippen molar-refractivity contribution in [3.05, 3.63) is 41.9 Å². The van der Waals surface area contributed by atoms with Gasteiger partial charge < -0.3 is 10.3 Å². The minimum atomic E-state index is -0.403. The molecule has 1 aromatic carbocycles. The average Bonchev–Trinajstić information content (AvgIpc) is 2.94. The van der Waals surface area contributed by atoms with E-state index in [1.54, 1.807) is 0 Å². The van der Waals surface area contributed by atoms with Crippen LogP contribution in [0.25, 0.3) is 22.4 Å². The Bertz CT molecular complexity index is 826. The van der Waals surface area contributed by atoms with Gasteiger partial charge in [-0.15, -0.1) is 12.4 Å². The second kappa shape index (κ2) is 5.34. The second-order valence-electron chi connectivity index (χ2n) is 5.75. The van der Waals surface area contributed by atoms with Gasteiger partial charge in [0, 0.05) is 5.39 Å². The van der Waals surface area contributed by atoms with E-state index in [9.17, 15) is 0 Å². The maximum Gasteiger partial charge on any atom is 0.259 e. The lowest BCUT2D eigenvalue weighted by Gasteiger charge is -2.34. The fraction of sp³-hybridized carbons (Fsp3) is 0.312. The molecule has 0 bridgehead atoms. The number of nitrogens with two attached hydrogens (primary N) is 1. The molecule has 114 valence electrons. The SMILES string of the molecule is Cc1nc2ccccc2cc1-c1nc(C2(N)CCC2)no1.Cl. The highest BCUT2D eigenvalue weighted by atomic mass is 35.5. The van der Waals surface area contributed by atoms with Crippen molar-refractivity contribution >= 4 is 23.3 Å². The van der Waals surface area contributed by atoms with Crippen molar-refractivity contribution in [1.29, 1.82) is 0 Å². The Labute approximate surface area is 134 Å². The lowest BCUT2D eigenvalue weighted by molar-refractivity contribution is 0.229. The molecule has 2 N–H and O–H groups in total. The van der Waals surface area contributed by atoms with E-state index in [4.69, 9.17) is 10.3 Å². The van der Waals surface area contributed by atoms with Crippen LogP contribution in [0, 0.1) is 6.92 Å². The number of benzene rings is 1. The van der Waals surface area contributed by atoms with E-state index in [0.717, 1.165) is 41.4 Å². The summed E-state index contributed by atoms with van der Waals surface area (Å²) >= 11 is 0. The third-order valence-corrected chi connectivity index (χ3v) is 4.26. The lowest BCUT2D eigenvalue weighted by Crippen LogP contribution is -2.44. The Hall–Kier alpha value is -1.98. The van der Waals surface area contributed by atoms with E-state index < -0.39 is 5.54 Å². The van der Waals surface area contributed by atoms with Crippen LogP contribution in [0.5, 0.6) is 0 Å². The summed E-state index contributed by atoms with van der Waals surface area (Å²) in [7, 11) is 0. The summed E-state index contributed by atoms with van der Waals surface area (Å²) < 4.78 is 5.42. The van der Waals surface area contributed by atoms with Gasteiger partial charge in [0.15, 0.2) is 5.82 Å². The van der Waals surface area contributed by atoms with Crippen molar-refractivity contribution in [3.8, 4) is 11.5 Å². The zero-order chi connectivity index (χ0) is 14.4. The number of rotatable bonds is 2. The lowest BCUT2D eigenvalue weighted by atomic mass is 9.77. The molecular weight excluding hydrogens is 300 g/mol. The van der Waals surface area contributed by atoms with Gasteiger partial charge in [0.05, 0.1) is 22.3 Å². The second-order valence-corrected chi connectivity index (χ2v) is 5.75. The molecule has 0 radical (unpaired) electrons. The van der Waals surface area contributed by atoms with E-state index >= 15 is 0 Å².